The molecule has 0 atom stereocenters. The Balaban J connectivity index is 1.47. The van der Waals surface area contributed by atoms with E-state index in [9.17, 15) is 9.59 Å². The van der Waals surface area contributed by atoms with E-state index in [1.165, 1.54) is 37.3 Å². The molecule has 9 nitrogen and oxygen atoms in total. The number of piperazine rings is 1. The molecule has 1 saturated heterocycles. The fourth-order valence-corrected chi connectivity index (χ4v) is 4.27. The molecule has 0 aromatic carbocycles. The van der Waals surface area contributed by atoms with E-state index < -0.39 is 0 Å². The van der Waals surface area contributed by atoms with E-state index in [2.05, 4.69) is 25.1 Å². The summed E-state index contributed by atoms with van der Waals surface area (Å²) in [7, 11) is 3.10. The van der Waals surface area contributed by atoms with Gasteiger partial charge < -0.3 is 20.1 Å². The summed E-state index contributed by atoms with van der Waals surface area (Å²) in [5, 5.41) is 4.32. The molecule has 0 amide bonds. The van der Waals surface area contributed by atoms with Crippen molar-refractivity contribution in [2.45, 2.75) is 31.7 Å². The Morgan fingerprint density at radius 3 is 2.44 bits per heavy atom. The molecule has 2 aromatic heterocycles. The monoisotopic (exact) mass is 391 g/mol. The van der Waals surface area contributed by atoms with Crippen LogP contribution in [0, 0.1) is 0 Å². The van der Waals surface area contributed by atoms with Gasteiger partial charge in [0.2, 0.25) is 5.95 Å². The van der Waals surface area contributed by atoms with Crippen LogP contribution < -0.4 is 21.5 Å². The van der Waals surface area contributed by atoms with Crippen LogP contribution in [0.5, 0.6) is 0 Å². The molecule has 2 fully saturated rings. The number of nitrogens with one attached hydrogen (secondary N) is 2. The topological polar surface area (TPSA) is 91.2 Å². The van der Waals surface area contributed by atoms with Gasteiger partial charge in [0, 0.05) is 46.3 Å². The van der Waals surface area contributed by atoms with E-state index in [1.54, 1.807) is 7.05 Å². The quantitative estimate of drug-likeness (QED) is 0.691. The molecule has 3 heterocycles. The first kappa shape index (κ1) is 18.0. The number of aromatic amines is 1. The van der Waals surface area contributed by atoms with E-state index in [4.69, 9.17) is 12.2 Å². The normalized spacial score (nSPS) is 18.4. The van der Waals surface area contributed by atoms with Crippen molar-refractivity contribution < 1.29 is 0 Å². The van der Waals surface area contributed by atoms with Crippen molar-refractivity contribution in [3.05, 3.63) is 20.8 Å². The van der Waals surface area contributed by atoms with Crippen LogP contribution in [0.3, 0.4) is 0 Å². The summed E-state index contributed by atoms with van der Waals surface area (Å²) < 4.78 is 2.49. The Bertz CT molecular complexity index is 978. The van der Waals surface area contributed by atoms with Gasteiger partial charge in [0.1, 0.15) is 0 Å². The molecule has 0 bridgehead atoms. The van der Waals surface area contributed by atoms with Gasteiger partial charge in [0.25, 0.3) is 5.56 Å². The minimum Gasteiger partial charge on any atom is -0.360 e. The van der Waals surface area contributed by atoms with Gasteiger partial charge in [-0.05, 0) is 25.1 Å². The van der Waals surface area contributed by atoms with E-state index in [0.717, 1.165) is 35.9 Å². The third kappa shape index (κ3) is 3.22. The Kier molecular flexibility index (Phi) is 4.67. The molecule has 2 N–H and O–H groups in total. The highest BCUT2D eigenvalue weighted by Gasteiger charge is 2.24. The van der Waals surface area contributed by atoms with Crippen LogP contribution in [0.15, 0.2) is 9.59 Å². The van der Waals surface area contributed by atoms with E-state index in [0.29, 0.717) is 23.2 Å². The summed E-state index contributed by atoms with van der Waals surface area (Å²) in [6.45, 7) is 3.10. The third-order valence-corrected chi connectivity index (χ3v) is 6.01. The minimum absolute atomic E-state index is 0.354. The first-order chi connectivity index (χ1) is 13.0. The molecular weight excluding hydrogens is 366 g/mol. The zero-order valence-electron chi connectivity index (χ0n) is 15.7. The van der Waals surface area contributed by atoms with Gasteiger partial charge >= 0.3 is 5.69 Å². The Morgan fingerprint density at radius 1 is 1.11 bits per heavy atom. The maximum absolute atomic E-state index is 12.3. The fraction of sp³-hybridized carbons (Fsp3) is 0.647. The maximum Gasteiger partial charge on any atom is 0.332 e. The van der Waals surface area contributed by atoms with Crippen LogP contribution in [-0.4, -0.2) is 61.3 Å². The van der Waals surface area contributed by atoms with Crippen LogP contribution in [0.2, 0.25) is 0 Å². The van der Waals surface area contributed by atoms with Crippen LogP contribution >= 0.6 is 12.2 Å². The fourth-order valence-electron chi connectivity index (χ4n) is 3.92. The molecule has 27 heavy (non-hydrogen) atoms. The van der Waals surface area contributed by atoms with Crippen molar-refractivity contribution in [1.82, 2.24) is 29.3 Å². The second-order valence-electron chi connectivity index (χ2n) is 7.37. The maximum atomic E-state index is 12.3. The number of H-pyrrole nitrogens is 1. The lowest BCUT2D eigenvalue weighted by molar-refractivity contribution is 0.372. The number of nitrogens with zero attached hydrogens (tertiary/aromatic N) is 5. The number of hydrogen-bond donors (Lipinski definition) is 2. The number of fused-ring (bicyclic) bond motifs is 1. The molecule has 0 unspecified atom stereocenters. The summed E-state index contributed by atoms with van der Waals surface area (Å²) in [4.78, 5) is 36.3. The highest BCUT2D eigenvalue weighted by molar-refractivity contribution is 7.80. The zero-order valence-corrected chi connectivity index (χ0v) is 16.5. The summed E-state index contributed by atoms with van der Waals surface area (Å²) in [6, 6.07) is 0.517. The summed E-state index contributed by atoms with van der Waals surface area (Å²) >= 11 is 5.57. The standard InChI is InChI=1S/C17H25N7O2S/c1-21-13-12(14(25)22(2)17(21)26)19-15(20-13)23-7-9-24(10-8-23)16(27)18-11-5-3-4-6-11/h11H,3-10H2,1-2H3,(H,18,27)(H,19,20). The number of imidazole rings is 1. The number of aromatic nitrogens is 4. The van der Waals surface area contributed by atoms with E-state index in [-0.39, 0.29) is 11.2 Å². The molecule has 1 aliphatic heterocycles. The van der Waals surface area contributed by atoms with Crippen LogP contribution in [0.4, 0.5) is 5.95 Å². The smallest absolute Gasteiger partial charge is 0.332 e. The third-order valence-electron chi connectivity index (χ3n) is 5.63. The molecule has 146 valence electrons. The molecule has 1 saturated carbocycles. The zero-order chi connectivity index (χ0) is 19.1. The average molecular weight is 392 g/mol. The van der Waals surface area contributed by atoms with E-state index >= 15 is 0 Å². The summed E-state index contributed by atoms with van der Waals surface area (Å²) in [5.74, 6) is 0.623. The largest absolute Gasteiger partial charge is 0.360 e. The molecule has 0 radical (unpaired) electrons. The number of anilines is 1. The van der Waals surface area contributed by atoms with Crippen molar-refractivity contribution in [2.24, 2.45) is 14.1 Å². The predicted octanol–water partition coefficient (Wildman–Crippen LogP) is -0.101. The first-order valence-electron chi connectivity index (χ1n) is 9.42. The van der Waals surface area contributed by atoms with Crippen LogP contribution in [0.25, 0.3) is 11.2 Å². The van der Waals surface area contributed by atoms with Crippen molar-refractivity contribution in [3.8, 4) is 0 Å². The van der Waals surface area contributed by atoms with Gasteiger partial charge in [-0.1, -0.05) is 12.8 Å². The van der Waals surface area contributed by atoms with Crippen molar-refractivity contribution in [3.63, 3.8) is 0 Å². The van der Waals surface area contributed by atoms with Gasteiger partial charge in [-0.15, -0.1) is 0 Å². The Labute approximate surface area is 162 Å². The van der Waals surface area contributed by atoms with Gasteiger partial charge in [-0.2, -0.15) is 4.98 Å². The number of aryl methyl sites for hydroxylation is 1. The summed E-state index contributed by atoms with van der Waals surface area (Å²) in [5.41, 5.74) is 0.0144. The highest BCUT2D eigenvalue weighted by atomic mass is 32.1. The molecule has 2 aromatic rings. The lowest BCUT2D eigenvalue weighted by Crippen LogP contribution is -2.53. The molecular formula is C17H25N7O2S. The van der Waals surface area contributed by atoms with Gasteiger partial charge in [0.15, 0.2) is 16.3 Å². The lowest BCUT2D eigenvalue weighted by atomic mass is 10.2. The molecule has 1 aliphatic carbocycles. The van der Waals surface area contributed by atoms with Crippen molar-refractivity contribution in [2.75, 3.05) is 31.1 Å². The molecule has 0 spiro atoms. The van der Waals surface area contributed by atoms with Crippen LogP contribution in [-0.2, 0) is 14.1 Å². The average Bonchev–Trinajstić information content (AvgIpc) is 3.35. The number of rotatable bonds is 2. The summed E-state index contributed by atoms with van der Waals surface area (Å²) in [6.07, 6.45) is 4.96. The van der Waals surface area contributed by atoms with Gasteiger partial charge in [-0.25, -0.2) is 4.79 Å². The number of thiocarbonyl (C=S) groups is 1. The minimum atomic E-state index is -0.376. The first-order valence-corrected chi connectivity index (χ1v) is 9.82. The predicted molar refractivity (Wildman–Crippen MR) is 108 cm³/mol. The molecule has 10 heteroatoms. The van der Waals surface area contributed by atoms with E-state index in [1.807, 2.05) is 0 Å². The van der Waals surface area contributed by atoms with Gasteiger partial charge in [0.05, 0.1) is 0 Å². The second kappa shape index (κ2) is 6.99. The van der Waals surface area contributed by atoms with Crippen molar-refractivity contribution in [1.29, 1.82) is 0 Å². The Hall–Kier alpha value is -2.36. The highest BCUT2D eigenvalue weighted by Crippen LogP contribution is 2.19. The van der Waals surface area contributed by atoms with Crippen molar-refractivity contribution >= 4 is 34.4 Å². The SMILES string of the molecule is Cn1c(=O)c2[nH]c(N3CCN(C(=S)NC4CCCC4)CC3)nc2n(C)c1=O. The molecule has 2 aliphatic rings. The number of hydrogen-bond acceptors (Lipinski definition) is 5. The van der Waals surface area contributed by atoms with Crippen LogP contribution in [0.1, 0.15) is 25.7 Å². The van der Waals surface area contributed by atoms with Gasteiger partial charge in [-0.3, -0.25) is 13.9 Å². The molecule has 4 rings (SSSR count). The lowest BCUT2D eigenvalue weighted by Gasteiger charge is -2.36. The Morgan fingerprint density at radius 2 is 1.78 bits per heavy atom. The second-order valence-corrected chi connectivity index (χ2v) is 7.76.